The Morgan fingerprint density at radius 1 is 1.56 bits per heavy atom. The van der Waals surface area contributed by atoms with Gasteiger partial charge in [0.15, 0.2) is 0 Å². The van der Waals surface area contributed by atoms with Crippen LogP contribution in [0.5, 0.6) is 0 Å². The van der Waals surface area contributed by atoms with Crippen LogP contribution in [0, 0.1) is 10.7 Å². The van der Waals surface area contributed by atoms with E-state index in [0.717, 1.165) is 18.7 Å². The van der Waals surface area contributed by atoms with Crippen molar-refractivity contribution in [3.8, 4) is 0 Å². The first-order valence-electron chi connectivity index (χ1n) is 5.33. The first kappa shape index (κ1) is 11.3. The SMILES string of the molecule is CC1(C)C[C@@H](CCc2nc(=S)[nH][nH]2)C(=O)O1. The lowest BCUT2D eigenvalue weighted by Crippen LogP contribution is -2.17. The largest absolute Gasteiger partial charge is 0.459 e. The van der Waals surface area contributed by atoms with E-state index in [2.05, 4.69) is 15.2 Å². The monoisotopic (exact) mass is 241 g/mol. The summed E-state index contributed by atoms with van der Waals surface area (Å²) in [6.07, 6.45) is 2.23. The van der Waals surface area contributed by atoms with Gasteiger partial charge in [0.2, 0.25) is 4.77 Å². The van der Waals surface area contributed by atoms with E-state index in [1.165, 1.54) is 0 Å². The van der Waals surface area contributed by atoms with Gasteiger partial charge in [0, 0.05) is 6.42 Å². The van der Waals surface area contributed by atoms with Crippen LogP contribution in [-0.2, 0) is 16.0 Å². The van der Waals surface area contributed by atoms with Gasteiger partial charge in [-0.25, -0.2) is 4.98 Å². The molecule has 1 saturated heterocycles. The van der Waals surface area contributed by atoms with E-state index < -0.39 is 0 Å². The van der Waals surface area contributed by atoms with E-state index in [4.69, 9.17) is 17.0 Å². The number of nitrogens with one attached hydrogen (secondary N) is 2. The summed E-state index contributed by atoms with van der Waals surface area (Å²) in [5.41, 5.74) is -0.319. The van der Waals surface area contributed by atoms with Crippen LogP contribution in [0.3, 0.4) is 0 Å². The quantitative estimate of drug-likeness (QED) is 0.624. The summed E-state index contributed by atoms with van der Waals surface area (Å²) in [4.78, 5) is 15.6. The first-order chi connectivity index (χ1) is 7.46. The molecule has 5 nitrogen and oxygen atoms in total. The highest BCUT2D eigenvalue weighted by atomic mass is 32.1. The Morgan fingerprint density at radius 2 is 2.31 bits per heavy atom. The van der Waals surface area contributed by atoms with E-state index >= 15 is 0 Å². The lowest BCUT2D eigenvalue weighted by molar-refractivity contribution is -0.148. The molecule has 0 aliphatic carbocycles. The van der Waals surface area contributed by atoms with Crippen molar-refractivity contribution in [2.45, 2.75) is 38.7 Å². The van der Waals surface area contributed by atoms with E-state index in [9.17, 15) is 4.79 Å². The maximum absolute atomic E-state index is 11.5. The van der Waals surface area contributed by atoms with Crippen molar-refractivity contribution in [1.29, 1.82) is 0 Å². The van der Waals surface area contributed by atoms with Crippen molar-refractivity contribution in [2.75, 3.05) is 0 Å². The fraction of sp³-hybridized carbons (Fsp3) is 0.700. The Morgan fingerprint density at radius 3 is 2.81 bits per heavy atom. The summed E-state index contributed by atoms with van der Waals surface area (Å²) in [6.45, 7) is 3.87. The normalized spacial score (nSPS) is 23.4. The summed E-state index contributed by atoms with van der Waals surface area (Å²) >= 11 is 4.85. The molecule has 1 aliphatic heterocycles. The zero-order valence-electron chi connectivity index (χ0n) is 9.37. The van der Waals surface area contributed by atoms with E-state index in [1.54, 1.807) is 0 Å². The molecule has 1 fully saturated rings. The molecule has 0 bridgehead atoms. The van der Waals surface area contributed by atoms with Gasteiger partial charge < -0.3 is 4.74 Å². The van der Waals surface area contributed by atoms with Crippen LogP contribution in [0.4, 0.5) is 0 Å². The molecule has 1 aliphatic rings. The predicted molar refractivity (Wildman–Crippen MR) is 60.4 cm³/mol. The van der Waals surface area contributed by atoms with Crippen molar-refractivity contribution >= 4 is 18.2 Å². The van der Waals surface area contributed by atoms with E-state index in [1.807, 2.05) is 13.8 Å². The molecule has 0 amide bonds. The number of hydrogen-bond acceptors (Lipinski definition) is 4. The first-order valence-corrected chi connectivity index (χ1v) is 5.73. The molecule has 16 heavy (non-hydrogen) atoms. The van der Waals surface area contributed by atoms with Crippen LogP contribution in [-0.4, -0.2) is 26.8 Å². The number of cyclic esters (lactones) is 1. The number of aryl methyl sites for hydroxylation is 1. The molecular formula is C10H15N3O2S. The Labute approximate surface area is 98.6 Å². The number of hydrogen-bond donors (Lipinski definition) is 2. The van der Waals surface area contributed by atoms with Gasteiger partial charge in [-0.1, -0.05) is 0 Å². The number of aromatic nitrogens is 3. The zero-order valence-corrected chi connectivity index (χ0v) is 10.2. The second-order valence-corrected chi connectivity index (χ2v) is 5.12. The van der Waals surface area contributed by atoms with Gasteiger partial charge in [0.1, 0.15) is 11.4 Å². The molecule has 0 unspecified atom stereocenters. The predicted octanol–water partition coefficient (Wildman–Crippen LogP) is 1.74. The Hall–Kier alpha value is -1.17. The molecule has 2 rings (SSSR count). The molecular weight excluding hydrogens is 226 g/mol. The van der Waals surface area contributed by atoms with Crippen LogP contribution in [0.1, 0.15) is 32.5 Å². The van der Waals surface area contributed by atoms with Gasteiger partial charge >= 0.3 is 5.97 Å². The molecule has 2 heterocycles. The molecule has 0 aromatic carbocycles. The summed E-state index contributed by atoms with van der Waals surface area (Å²) in [5, 5.41) is 5.61. The molecule has 1 aromatic rings. The molecule has 88 valence electrons. The summed E-state index contributed by atoms with van der Waals surface area (Å²) in [5.74, 6) is 0.676. The Bertz CT molecular complexity index is 449. The van der Waals surface area contributed by atoms with Crippen LogP contribution < -0.4 is 0 Å². The molecule has 1 aromatic heterocycles. The molecule has 1 atom stereocenters. The van der Waals surface area contributed by atoms with E-state index in [0.29, 0.717) is 11.2 Å². The highest BCUT2D eigenvalue weighted by Gasteiger charge is 2.39. The minimum Gasteiger partial charge on any atom is -0.459 e. The van der Waals surface area contributed by atoms with Gasteiger partial charge in [0.25, 0.3) is 0 Å². The topological polar surface area (TPSA) is 70.8 Å². The second kappa shape index (κ2) is 4.01. The highest BCUT2D eigenvalue weighted by Crippen LogP contribution is 2.32. The Balaban J connectivity index is 1.92. The number of H-pyrrole nitrogens is 2. The number of carbonyl (C=O) groups is 1. The smallest absolute Gasteiger partial charge is 0.309 e. The minimum absolute atomic E-state index is 0.0197. The zero-order chi connectivity index (χ0) is 11.8. The average molecular weight is 241 g/mol. The van der Waals surface area contributed by atoms with Crippen molar-refractivity contribution in [3.63, 3.8) is 0 Å². The Kier molecular flexibility index (Phi) is 2.84. The van der Waals surface area contributed by atoms with Crippen molar-refractivity contribution in [3.05, 3.63) is 10.6 Å². The highest BCUT2D eigenvalue weighted by molar-refractivity contribution is 7.71. The standard InChI is InChI=1S/C10H15N3O2S/c1-10(2)5-6(8(14)15-10)3-4-7-11-9(16)13-12-7/h6H,3-5H2,1-2H3,(H2,11,12,13,16)/t6-/m1/s1. The maximum Gasteiger partial charge on any atom is 0.309 e. The summed E-state index contributed by atoms with van der Waals surface area (Å²) in [7, 11) is 0. The van der Waals surface area contributed by atoms with Crippen molar-refractivity contribution < 1.29 is 9.53 Å². The van der Waals surface area contributed by atoms with Gasteiger partial charge in [-0.05, 0) is 38.9 Å². The summed E-state index contributed by atoms with van der Waals surface area (Å²) < 4.78 is 5.71. The molecule has 0 radical (unpaired) electrons. The van der Waals surface area contributed by atoms with Crippen LogP contribution in [0.25, 0.3) is 0 Å². The van der Waals surface area contributed by atoms with Gasteiger partial charge in [-0.2, -0.15) is 0 Å². The van der Waals surface area contributed by atoms with Crippen LogP contribution in [0.2, 0.25) is 0 Å². The lowest BCUT2D eigenvalue weighted by atomic mass is 9.94. The fourth-order valence-electron chi connectivity index (χ4n) is 2.03. The number of ether oxygens (including phenoxy) is 1. The number of esters is 1. The second-order valence-electron chi connectivity index (χ2n) is 4.73. The third-order valence-corrected chi connectivity index (χ3v) is 2.92. The van der Waals surface area contributed by atoms with Gasteiger partial charge in [0.05, 0.1) is 5.92 Å². The number of aromatic amines is 2. The lowest BCUT2D eigenvalue weighted by Gasteiger charge is -2.14. The third kappa shape index (κ3) is 2.49. The molecule has 2 N–H and O–H groups in total. The molecule has 0 spiro atoms. The number of rotatable bonds is 3. The van der Waals surface area contributed by atoms with Crippen molar-refractivity contribution in [1.82, 2.24) is 15.2 Å². The third-order valence-electron chi connectivity index (χ3n) is 2.73. The van der Waals surface area contributed by atoms with Gasteiger partial charge in [-0.15, -0.1) is 0 Å². The summed E-state index contributed by atoms with van der Waals surface area (Å²) in [6, 6.07) is 0. The number of carbonyl (C=O) groups excluding carboxylic acids is 1. The van der Waals surface area contributed by atoms with Gasteiger partial charge in [-0.3, -0.25) is 15.0 Å². The minimum atomic E-state index is -0.319. The molecule has 0 saturated carbocycles. The average Bonchev–Trinajstić information content (AvgIpc) is 2.67. The number of nitrogens with zero attached hydrogens (tertiary/aromatic N) is 1. The fourth-order valence-corrected chi connectivity index (χ4v) is 2.19. The van der Waals surface area contributed by atoms with E-state index in [-0.39, 0.29) is 17.5 Å². The van der Waals surface area contributed by atoms with Crippen molar-refractivity contribution in [2.24, 2.45) is 5.92 Å². The van der Waals surface area contributed by atoms with Crippen LogP contribution in [0.15, 0.2) is 0 Å². The molecule has 6 heteroatoms. The maximum atomic E-state index is 11.5. The van der Waals surface area contributed by atoms with Crippen LogP contribution >= 0.6 is 12.2 Å².